The maximum atomic E-state index is 13.3. The Morgan fingerprint density at radius 2 is 1.19 bits per heavy atom. The first-order valence-electron chi connectivity index (χ1n) is 17.3. The number of hydrogen-bond donors (Lipinski definition) is 5. The molecular weight excluding hydrogens is 746 g/mol. The van der Waals surface area contributed by atoms with Gasteiger partial charge in [0.1, 0.15) is 60.0 Å². The topological polar surface area (TPSA) is 221 Å². The van der Waals surface area contributed by atoms with Gasteiger partial charge in [-0.15, -0.1) is 0 Å². The van der Waals surface area contributed by atoms with Gasteiger partial charge in [0.25, 0.3) is 11.8 Å². The number of aromatic nitrogens is 2. The average Bonchev–Trinajstić information content (AvgIpc) is 3.82. The van der Waals surface area contributed by atoms with Gasteiger partial charge < -0.3 is 45.3 Å². The number of halogens is 2. The van der Waals surface area contributed by atoms with Crippen molar-refractivity contribution in [3.8, 4) is 11.5 Å². The second kappa shape index (κ2) is 18.3. The number of carbonyl (C=O) groups excluding carboxylic acids is 3. The Kier molecular flexibility index (Phi) is 12.6. The molecule has 0 saturated heterocycles. The number of ether oxygens (including phenoxy) is 2. The van der Waals surface area contributed by atoms with Crippen molar-refractivity contribution in [3.63, 3.8) is 0 Å². The van der Waals surface area contributed by atoms with Gasteiger partial charge in [0.2, 0.25) is 5.91 Å². The van der Waals surface area contributed by atoms with Gasteiger partial charge in [-0.2, -0.15) is 0 Å². The minimum Gasteiger partial charge on any atom is -0.489 e. The minimum atomic E-state index is -1.07. The van der Waals surface area contributed by atoms with E-state index in [0.717, 1.165) is 17.2 Å². The molecule has 0 aliphatic carbocycles. The van der Waals surface area contributed by atoms with E-state index in [-0.39, 0.29) is 36.2 Å². The quantitative estimate of drug-likeness (QED) is 0.145. The van der Waals surface area contributed by atoms with Crippen molar-refractivity contribution < 1.29 is 51.6 Å². The molecule has 2 aliphatic rings. The normalized spacial score (nSPS) is 15.4. The highest BCUT2D eigenvalue weighted by Crippen LogP contribution is 2.28. The number of fused-ring (bicyclic) bond motifs is 2. The van der Waals surface area contributed by atoms with E-state index in [9.17, 15) is 28.0 Å². The molecule has 2 aromatic heterocycles. The summed E-state index contributed by atoms with van der Waals surface area (Å²) in [6, 6.07) is 28.3. The van der Waals surface area contributed by atoms with Crippen LogP contribution >= 0.6 is 0 Å². The molecule has 292 valence electrons. The molecule has 17 heteroatoms. The lowest BCUT2D eigenvalue weighted by molar-refractivity contribution is -0.118. The van der Waals surface area contributed by atoms with Gasteiger partial charge in [0, 0.05) is 37.1 Å². The molecule has 4 heterocycles. The maximum absolute atomic E-state index is 13.3. The van der Waals surface area contributed by atoms with Crippen molar-refractivity contribution in [2.75, 3.05) is 23.8 Å². The molecule has 4 aromatic carbocycles. The maximum Gasteiger partial charge on any atom is 0.358 e. The van der Waals surface area contributed by atoms with Crippen molar-refractivity contribution in [3.05, 3.63) is 155 Å². The van der Waals surface area contributed by atoms with E-state index in [1.54, 1.807) is 0 Å². The Labute approximate surface area is 322 Å². The standard InChI is InChI=1S/C20H16FN3O4.C11H9NO3.C9H9FN2O2/c21-13-6-7-18-15(9-13)22-20(26)17(11-27-18)23-19(25)16-10-14(28-24-16)8-12-4-2-1-3-5-12;13-11(14)10-7-9(15-12-10)6-8-4-2-1-3-5-8;10-5-1-2-8-7(3-5)12-9(13)6(11)4-14-8/h1-7,9-10,17H,8,11H2,(H,22,26)(H,23,25);1-5,7H,6H2,(H,13,14);1-3,6H,4,11H2,(H,12,13)/t17-;;6-/m0.0/s1. The summed E-state index contributed by atoms with van der Waals surface area (Å²) >= 11 is 0. The van der Waals surface area contributed by atoms with Crippen molar-refractivity contribution in [1.82, 2.24) is 15.6 Å². The summed E-state index contributed by atoms with van der Waals surface area (Å²) in [5.74, 6) is -1.59. The fraction of sp³-hybridized carbons (Fsp3) is 0.150. The number of rotatable bonds is 7. The number of nitrogens with zero attached hydrogens (tertiary/aromatic N) is 2. The van der Waals surface area contributed by atoms with E-state index in [0.29, 0.717) is 41.5 Å². The monoisotopic (exact) mass is 780 g/mol. The van der Waals surface area contributed by atoms with Crippen molar-refractivity contribution in [2.45, 2.75) is 24.9 Å². The predicted molar refractivity (Wildman–Crippen MR) is 199 cm³/mol. The summed E-state index contributed by atoms with van der Waals surface area (Å²) in [6.45, 7) is 0.00932. The first-order valence-corrected chi connectivity index (χ1v) is 17.3. The first-order chi connectivity index (χ1) is 27.5. The third kappa shape index (κ3) is 10.9. The van der Waals surface area contributed by atoms with Crippen LogP contribution in [0.2, 0.25) is 0 Å². The Bertz CT molecular complexity index is 2350. The molecule has 0 unspecified atom stereocenters. The zero-order valence-corrected chi connectivity index (χ0v) is 29.8. The second-order valence-corrected chi connectivity index (χ2v) is 12.5. The van der Waals surface area contributed by atoms with Crippen LogP contribution in [0, 0.1) is 11.6 Å². The van der Waals surface area contributed by atoms with Crippen LogP contribution in [0.25, 0.3) is 0 Å². The Balaban J connectivity index is 0.000000159. The van der Waals surface area contributed by atoms with E-state index in [4.69, 9.17) is 29.4 Å². The number of carbonyl (C=O) groups is 4. The molecule has 2 atom stereocenters. The summed E-state index contributed by atoms with van der Waals surface area (Å²) < 4.78 is 47.0. The SMILES string of the molecule is N[C@H]1COc2ccc(F)cc2NC1=O.O=C(N[C@H]1COc2ccc(F)cc2NC1=O)c1cc(Cc2ccccc2)on1.O=C(O)c1cc(Cc2ccccc2)on1. The Hall–Kier alpha value is -7.40. The number of nitrogens with two attached hydrogens (primary N) is 1. The van der Waals surface area contributed by atoms with Gasteiger partial charge in [-0.25, -0.2) is 13.6 Å². The van der Waals surface area contributed by atoms with E-state index >= 15 is 0 Å². The van der Waals surface area contributed by atoms with Gasteiger partial charge in [-0.05, 0) is 35.4 Å². The van der Waals surface area contributed by atoms with Crippen LogP contribution in [0.1, 0.15) is 43.6 Å². The molecule has 15 nitrogen and oxygen atoms in total. The molecule has 2 aliphatic heterocycles. The van der Waals surface area contributed by atoms with Gasteiger partial charge >= 0.3 is 5.97 Å². The average molecular weight is 781 g/mol. The molecular formula is C40H34F2N6O9. The van der Waals surface area contributed by atoms with Crippen LogP contribution in [-0.2, 0) is 22.4 Å². The number of hydrogen-bond acceptors (Lipinski definition) is 11. The van der Waals surface area contributed by atoms with E-state index in [2.05, 4.69) is 26.3 Å². The first kappa shape index (κ1) is 39.3. The third-order valence-electron chi connectivity index (χ3n) is 8.19. The zero-order chi connectivity index (χ0) is 40.3. The second-order valence-electron chi connectivity index (χ2n) is 12.5. The number of anilines is 2. The number of aromatic carboxylic acids is 1. The zero-order valence-electron chi connectivity index (χ0n) is 29.8. The molecule has 0 radical (unpaired) electrons. The lowest BCUT2D eigenvalue weighted by Gasteiger charge is -2.13. The highest BCUT2D eigenvalue weighted by molar-refractivity contribution is 6.01. The summed E-state index contributed by atoms with van der Waals surface area (Å²) in [5.41, 5.74) is 8.09. The predicted octanol–water partition coefficient (Wildman–Crippen LogP) is 4.98. The molecule has 0 saturated carbocycles. The highest BCUT2D eigenvalue weighted by Gasteiger charge is 2.28. The van der Waals surface area contributed by atoms with E-state index < -0.39 is 41.5 Å². The van der Waals surface area contributed by atoms with E-state index in [1.165, 1.54) is 42.5 Å². The molecule has 6 N–H and O–H groups in total. The summed E-state index contributed by atoms with van der Waals surface area (Å²) in [4.78, 5) is 46.6. The molecule has 3 amide bonds. The Morgan fingerprint density at radius 1 is 0.702 bits per heavy atom. The van der Waals surface area contributed by atoms with E-state index in [1.807, 2.05) is 60.7 Å². The lowest BCUT2D eigenvalue weighted by Crippen LogP contribution is -2.46. The number of carboxylic acids is 1. The van der Waals surface area contributed by atoms with Crippen LogP contribution in [0.15, 0.2) is 118 Å². The number of carboxylic acid groups (broad SMARTS) is 1. The van der Waals surface area contributed by atoms with Crippen molar-refractivity contribution in [2.24, 2.45) is 5.73 Å². The number of nitrogens with one attached hydrogen (secondary N) is 3. The fourth-order valence-corrected chi connectivity index (χ4v) is 5.33. The molecule has 6 aromatic rings. The highest BCUT2D eigenvalue weighted by atomic mass is 19.1. The van der Waals surface area contributed by atoms with Gasteiger partial charge in [0.05, 0.1) is 11.4 Å². The van der Waals surface area contributed by atoms with Crippen LogP contribution < -0.4 is 31.2 Å². The summed E-state index contributed by atoms with van der Waals surface area (Å²) in [7, 11) is 0. The van der Waals surface area contributed by atoms with Gasteiger partial charge in [-0.3, -0.25) is 14.4 Å². The smallest absolute Gasteiger partial charge is 0.358 e. The number of amides is 3. The molecule has 8 rings (SSSR count). The van der Waals surface area contributed by atoms with Crippen molar-refractivity contribution >= 4 is 35.1 Å². The fourth-order valence-electron chi connectivity index (χ4n) is 5.33. The summed E-state index contributed by atoms with van der Waals surface area (Å²) in [6.07, 6.45) is 1.05. The van der Waals surface area contributed by atoms with Gasteiger partial charge in [0.15, 0.2) is 11.4 Å². The third-order valence-corrected chi connectivity index (χ3v) is 8.19. The molecule has 0 spiro atoms. The van der Waals surface area contributed by atoms with Crippen molar-refractivity contribution in [1.29, 1.82) is 0 Å². The number of benzene rings is 4. The van der Waals surface area contributed by atoms with Crippen LogP contribution in [0.3, 0.4) is 0 Å². The van der Waals surface area contributed by atoms with Gasteiger partial charge in [-0.1, -0.05) is 71.0 Å². The van der Waals surface area contributed by atoms with Crippen LogP contribution in [-0.4, -0.2) is 64.4 Å². The summed E-state index contributed by atoms with van der Waals surface area (Å²) in [5, 5.41) is 23.4. The largest absolute Gasteiger partial charge is 0.489 e. The van der Waals surface area contributed by atoms with Crippen LogP contribution in [0.5, 0.6) is 11.5 Å². The molecule has 0 fully saturated rings. The molecule has 0 bridgehead atoms. The minimum absolute atomic E-state index is 0.0547. The van der Waals surface area contributed by atoms with Crippen LogP contribution in [0.4, 0.5) is 20.2 Å². The lowest BCUT2D eigenvalue weighted by atomic mass is 10.1. The Morgan fingerprint density at radius 3 is 1.72 bits per heavy atom. The molecule has 57 heavy (non-hydrogen) atoms.